The van der Waals surface area contributed by atoms with Crippen LogP contribution in [0.2, 0.25) is 0 Å². The Kier molecular flexibility index (Phi) is 2.04. The van der Waals surface area contributed by atoms with Gasteiger partial charge in [0.1, 0.15) is 5.75 Å². The van der Waals surface area contributed by atoms with Crippen molar-refractivity contribution in [1.82, 2.24) is 9.78 Å². The average molecular weight is 228 g/mol. The summed E-state index contributed by atoms with van der Waals surface area (Å²) in [5.41, 5.74) is 3.42. The molecule has 0 amide bonds. The van der Waals surface area contributed by atoms with Crippen LogP contribution in [0, 0.1) is 6.92 Å². The molecule has 1 N–H and O–H groups in total. The van der Waals surface area contributed by atoms with E-state index in [-0.39, 0.29) is 11.5 Å². The second-order valence-electron chi connectivity index (χ2n) is 4.26. The SMILES string of the molecule is Cc1nn(-c2ccc(O)cc2)c2c1C(=O)CC2. The number of carbonyl (C=O) groups is 1. The van der Waals surface area contributed by atoms with Gasteiger partial charge in [0.15, 0.2) is 5.78 Å². The van der Waals surface area contributed by atoms with Gasteiger partial charge in [-0.25, -0.2) is 4.68 Å². The second-order valence-corrected chi connectivity index (χ2v) is 4.26. The predicted octanol–water partition coefficient (Wildman–Crippen LogP) is 2.02. The maximum Gasteiger partial charge on any atom is 0.166 e. The van der Waals surface area contributed by atoms with Gasteiger partial charge in [0, 0.05) is 6.42 Å². The van der Waals surface area contributed by atoms with Crippen molar-refractivity contribution in [2.24, 2.45) is 0 Å². The third kappa shape index (κ3) is 1.45. The van der Waals surface area contributed by atoms with Crippen molar-refractivity contribution in [3.8, 4) is 11.4 Å². The molecule has 0 fully saturated rings. The van der Waals surface area contributed by atoms with E-state index in [9.17, 15) is 9.90 Å². The van der Waals surface area contributed by atoms with Crippen LogP contribution in [0.5, 0.6) is 5.75 Å². The van der Waals surface area contributed by atoms with E-state index in [0.717, 1.165) is 29.1 Å². The summed E-state index contributed by atoms with van der Waals surface area (Å²) in [5.74, 6) is 0.410. The van der Waals surface area contributed by atoms with Crippen molar-refractivity contribution >= 4 is 5.78 Å². The monoisotopic (exact) mass is 228 g/mol. The zero-order chi connectivity index (χ0) is 12.0. The van der Waals surface area contributed by atoms with Gasteiger partial charge >= 0.3 is 0 Å². The third-order valence-corrected chi connectivity index (χ3v) is 3.12. The lowest BCUT2D eigenvalue weighted by molar-refractivity contribution is 0.0994. The summed E-state index contributed by atoms with van der Waals surface area (Å²) in [5, 5.41) is 13.7. The third-order valence-electron chi connectivity index (χ3n) is 3.12. The topological polar surface area (TPSA) is 55.1 Å². The lowest BCUT2D eigenvalue weighted by atomic mass is 10.2. The zero-order valence-electron chi connectivity index (χ0n) is 9.47. The zero-order valence-corrected chi connectivity index (χ0v) is 9.47. The van der Waals surface area contributed by atoms with Gasteiger partial charge in [0.25, 0.3) is 0 Å². The highest BCUT2D eigenvalue weighted by Gasteiger charge is 2.27. The molecule has 3 rings (SSSR count). The lowest BCUT2D eigenvalue weighted by Crippen LogP contribution is -2.00. The summed E-state index contributed by atoms with van der Waals surface area (Å²) >= 11 is 0. The number of aryl methyl sites for hydroxylation is 1. The van der Waals surface area contributed by atoms with Gasteiger partial charge in [-0.3, -0.25) is 4.79 Å². The number of nitrogens with zero attached hydrogens (tertiary/aromatic N) is 2. The van der Waals surface area contributed by atoms with E-state index in [0.29, 0.717) is 6.42 Å². The van der Waals surface area contributed by atoms with Crippen LogP contribution in [0.4, 0.5) is 0 Å². The highest BCUT2D eigenvalue weighted by Crippen LogP contribution is 2.27. The Morgan fingerprint density at radius 3 is 2.65 bits per heavy atom. The van der Waals surface area contributed by atoms with E-state index in [1.807, 2.05) is 6.92 Å². The number of aromatic hydroxyl groups is 1. The van der Waals surface area contributed by atoms with E-state index in [1.54, 1.807) is 28.9 Å². The van der Waals surface area contributed by atoms with E-state index in [2.05, 4.69) is 5.10 Å². The summed E-state index contributed by atoms with van der Waals surface area (Å²) in [6.45, 7) is 1.86. The number of Topliss-reactive ketones (excluding diaryl/α,β-unsaturated/α-hetero) is 1. The normalized spacial score (nSPS) is 14.1. The van der Waals surface area contributed by atoms with Crippen molar-refractivity contribution in [1.29, 1.82) is 0 Å². The number of hydrogen-bond acceptors (Lipinski definition) is 3. The number of ketones is 1. The lowest BCUT2D eigenvalue weighted by Gasteiger charge is -2.04. The van der Waals surface area contributed by atoms with Gasteiger partial charge in [-0.1, -0.05) is 0 Å². The molecule has 0 saturated heterocycles. The predicted molar refractivity (Wildman–Crippen MR) is 62.6 cm³/mol. The van der Waals surface area contributed by atoms with Crippen molar-refractivity contribution in [3.05, 3.63) is 41.2 Å². The summed E-state index contributed by atoms with van der Waals surface area (Å²) in [4.78, 5) is 11.7. The van der Waals surface area contributed by atoms with Crippen LogP contribution in [0.25, 0.3) is 5.69 Å². The van der Waals surface area contributed by atoms with Gasteiger partial charge in [0.2, 0.25) is 0 Å². The fraction of sp³-hybridized carbons (Fsp3) is 0.231. The van der Waals surface area contributed by atoms with Crippen LogP contribution >= 0.6 is 0 Å². The minimum atomic E-state index is 0.183. The van der Waals surface area contributed by atoms with Crippen LogP contribution in [-0.4, -0.2) is 20.7 Å². The van der Waals surface area contributed by atoms with Gasteiger partial charge in [-0.15, -0.1) is 0 Å². The molecule has 0 aliphatic heterocycles. The van der Waals surface area contributed by atoms with Gasteiger partial charge < -0.3 is 5.11 Å². The largest absolute Gasteiger partial charge is 0.508 e. The molecule has 17 heavy (non-hydrogen) atoms. The van der Waals surface area contributed by atoms with E-state index in [1.165, 1.54) is 0 Å². The number of phenolic OH excluding ortho intramolecular Hbond substituents is 1. The Morgan fingerprint density at radius 1 is 1.24 bits per heavy atom. The minimum Gasteiger partial charge on any atom is -0.508 e. The van der Waals surface area contributed by atoms with Crippen LogP contribution in [0.3, 0.4) is 0 Å². The number of carbonyl (C=O) groups excluding carboxylic acids is 1. The van der Waals surface area contributed by atoms with Crippen molar-refractivity contribution < 1.29 is 9.90 Å². The standard InChI is InChI=1S/C13H12N2O2/c1-8-13-11(6-7-12(13)17)15(14-8)9-2-4-10(16)5-3-9/h2-5,16H,6-7H2,1H3. The fourth-order valence-electron chi connectivity index (χ4n) is 2.33. The number of benzene rings is 1. The quantitative estimate of drug-likeness (QED) is 0.812. The molecule has 4 heteroatoms. The van der Waals surface area contributed by atoms with Crippen LogP contribution in [0.1, 0.15) is 28.2 Å². The molecule has 0 bridgehead atoms. The fourth-order valence-corrected chi connectivity index (χ4v) is 2.33. The molecule has 1 heterocycles. The highest BCUT2D eigenvalue weighted by atomic mass is 16.3. The molecule has 1 aromatic heterocycles. The highest BCUT2D eigenvalue weighted by molar-refractivity contribution is 6.01. The van der Waals surface area contributed by atoms with Crippen molar-refractivity contribution in [3.63, 3.8) is 0 Å². The molecule has 86 valence electrons. The first-order valence-corrected chi connectivity index (χ1v) is 5.58. The van der Waals surface area contributed by atoms with Crippen LogP contribution < -0.4 is 0 Å². The maximum absolute atomic E-state index is 11.7. The Bertz CT molecular complexity index is 597. The Morgan fingerprint density at radius 2 is 1.94 bits per heavy atom. The molecular weight excluding hydrogens is 216 g/mol. The molecular formula is C13H12N2O2. The van der Waals surface area contributed by atoms with Crippen LogP contribution in [0.15, 0.2) is 24.3 Å². The molecule has 0 unspecified atom stereocenters. The molecule has 2 aromatic rings. The van der Waals surface area contributed by atoms with Crippen LogP contribution in [-0.2, 0) is 6.42 Å². The molecule has 0 saturated carbocycles. The van der Waals surface area contributed by atoms with E-state index < -0.39 is 0 Å². The number of fused-ring (bicyclic) bond motifs is 1. The number of phenols is 1. The molecule has 4 nitrogen and oxygen atoms in total. The molecule has 0 atom stereocenters. The van der Waals surface area contributed by atoms with Crippen molar-refractivity contribution in [2.75, 3.05) is 0 Å². The molecule has 0 spiro atoms. The summed E-state index contributed by atoms with van der Waals surface area (Å²) in [7, 11) is 0. The van der Waals surface area contributed by atoms with Gasteiger partial charge in [-0.2, -0.15) is 5.10 Å². The smallest absolute Gasteiger partial charge is 0.166 e. The van der Waals surface area contributed by atoms with Gasteiger partial charge in [0.05, 0.1) is 22.6 Å². The molecule has 1 aliphatic rings. The average Bonchev–Trinajstić information content (AvgIpc) is 2.83. The molecule has 1 aromatic carbocycles. The summed E-state index contributed by atoms with van der Waals surface area (Å²) in [6, 6.07) is 6.83. The minimum absolute atomic E-state index is 0.183. The first-order valence-electron chi connectivity index (χ1n) is 5.58. The maximum atomic E-state index is 11.7. The van der Waals surface area contributed by atoms with Crippen molar-refractivity contribution in [2.45, 2.75) is 19.8 Å². The number of hydrogen-bond donors (Lipinski definition) is 1. The molecule has 1 aliphatic carbocycles. The second kappa shape index (κ2) is 3.45. The Balaban J connectivity index is 2.17. The van der Waals surface area contributed by atoms with E-state index >= 15 is 0 Å². The summed E-state index contributed by atoms with van der Waals surface area (Å²) in [6.07, 6.45) is 1.32. The Hall–Kier alpha value is -2.10. The Labute approximate surface area is 98.5 Å². The first-order chi connectivity index (χ1) is 8.16. The molecule has 0 radical (unpaired) electrons. The first kappa shape index (κ1) is 10.1. The number of rotatable bonds is 1. The number of aromatic nitrogens is 2. The van der Waals surface area contributed by atoms with E-state index in [4.69, 9.17) is 0 Å². The summed E-state index contributed by atoms with van der Waals surface area (Å²) < 4.78 is 1.80. The van der Waals surface area contributed by atoms with Gasteiger partial charge in [-0.05, 0) is 37.6 Å².